The highest BCUT2D eigenvalue weighted by atomic mass is 16.6. The Bertz CT molecular complexity index is 792. The number of nitrogens with zero attached hydrogens (tertiary/aromatic N) is 4. The Hall–Kier alpha value is -2.90. The van der Waals surface area contributed by atoms with E-state index in [0.717, 1.165) is 5.82 Å². The first kappa shape index (κ1) is 13.1. The average Bonchev–Trinajstić information content (AvgIpc) is 3.04. The zero-order valence-electron chi connectivity index (χ0n) is 11.3. The third kappa shape index (κ3) is 2.55. The lowest BCUT2D eigenvalue weighted by molar-refractivity contribution is -0.383. The highest BCUT2D eigenvalue weighted by Crippen LogP contribution is 2.27. The largest absolute Gasteiger partial charge is 0.423 e. The molecule has 0 radical (unpaired) electrons. The summed E-state index contributed by atoms with van der Waals surface area (Å²) in [6.07, 6.45) is 4.31. The van der Waals surface area contributed by atoms with Gasteiger partial charge in [0, 0.05) is 38.5 Å². The molecular formula is C13H13N5O3. The van der Waals surface area contributed by atoms with Gasteiger partial charge in [-0.15, -0.1) is 0 Å². The smallest absolute Gasteiger partial charge is 0.298 e. The Balaban J connectivity index is 1.74. The summed E-state index contributed by atoms with van der Waals surface area (Å²) in [7, 11) is 1.92. The number of hydrogen-bond acceptors (Lipinski definition) is 6. The first-order valence-corrected chi connectivity index (χ1v) is 6.39. The summed E-state index contributed by atoms with van der Waals surface area (Å²) in [6.45, 7) is 0.575. The second-order valence-electron chi connectivity index (χ2n) is 4.53. The van der Waals surface area contributed by atoms with Crippen LogP contribution < -0.4 is 5.32 Å². The van der Waals surface area contributed by atoms with E-state index < -0.39 is 4.92 Å². The topological polar surface area (TPSA) is 99.0 Å². The third-order valence-corrected chi connectivity index (χ3v) is 3.14. The molecule has 0 aliphatic carbocycles. The van der Waals surface area contributed by atoms with Gasteiger partial charge in [0.05, 0.1) is 4.92 Å². The van der Waals surface area contributed by atoms with E-state index in [4.69, 9.17) is 4.42 Å². The molecule has 0 amide bonds. The Morgan fingerprint density at radius 2 is 2.33 bits per heavy atom. The van der Waals surface area contributed by atoms with Gasteiger partial charge in [0.25, 0.3) is 11.7 Å². The van der Waals surface area contributed by atoms with Crippen LogP contribution in [0.15, 0.2) is 35.0 Å². The number of oxazole rings is 1. The third-order valence-electron chi connectivity index (χ3n) is 3.14. The van der Waals surface area contributed by atoms with Crippen molar-refractivity contribution < 1.29 is 9.34 Å². The van der Waals surface area contributed by atoms with Crippen LogP contribution in [0.4, 0.5) is 11.7 Å². The average molecular weight is 287 g/mol. The summed E-state index contributed by atoms with van der Waals surface area (Å²) in [5, 5.41) is 13.9. The fourth-order valence-electron chi connectivity index (χ4n) is 2.08. The molecule has 1 aromatic carbocycles. The van der Waals surface area contributed by atoms with Crippen molar-refractivity contribution in [2.75, 3.05) is 11.9 Å². The quantitative estimate of drug-likeness (QED) is 0.570. The monoisotopic (exact) mass is 287 g/mol. The van der Waals surface area contributed by atoms with Crippen LogP contribution in [0.2, 0.25) is 0 Å². The number of nitro benzene ring substituents is 1. The molecular weight excluding hydrogens is 274 g/mol. The van der Waals surface area contributed by atoms with Gasteiger partial charge in [-0.1, -0.05) is 6.07 Å². The number of aryl methyl sites for hydroxylation is 1. The minimum Gasteiger partial charge on any atom is -0.423 e. The molecule has 8 nitrogen and oxygen atoms in total. The molecule has 0 saturated carbocycles. The van der Waals surface area contributed by atoms with Gasteiger partial charge in [-0.2, -0.15) is 4.98 Å². The lowest BCUT2D eigenvalue weighted by atomic mass is 10.3. The summed E-state index contributed by atoms with van der Waals surface area (Å²) in [6, 6.07) is 4.90. The zero-order valence-corrected chi connectivity index (χ0v) is 11.3. The molecule has 0 aliphatic heterocycles. The van der Waals surface area contributed by atoms with Crippen molar-refractivity contribution in [1.82, 2.24) is 14.5 Å². The molecule has 3 rings (SSSR count). The Morgan fingerprint density at radius 3 is 3.05 bits per heavy atom. The van der Waals surface area contributed by atoms with Crippen molar-refractivity contribution in [3.63, 3.8) is 0 Å². The molecule has 0 unspecified atom stereocenters. The van der Waals surface area contributed by atoms with Crippen LogP contribution in [0.3, 0.4) is 0 Å². The Morgan fingerprint density at radius 1 is 1.48 bits per heavy atom. The highest BCUT2D eigenvalue weighted by molar-refractivity contribution is 5.83. The molecule has 0 atom stereocenters. The van der Waals surface area contributed by atoms with Crippen molar-refractivity contribution in [2.24, 2.45) is 7.05 Å². The van der Waals surface area contributed by atoms with Gasteiger partial charge in [0.2, 0.25) is 0 Å². The lowest BCUT2D eigenvalue weighted by Gasteiger charge is -2.01. The van der Waals surface area contributed by atoms with Crippen molar-refractivity contribution in [1.29, 1.82) is 0 Å². The number of anilines is 1. The lowest BCUT2D eigenvalue weighted by Crippen LogP contribution is -2.08. The number of benzene rings is 1. The number of non-ortho nitro benzene ring substituents is 1. The molecule has 0 spiro atoms. The van der Waals surface area contributed by atoms with Crippen molar-refractivity contribution in [3.8, 4) is 0 Å². The van der Waals surface area contributed by atoms with Crippen LogP contribution in [0.5, 0.6) is 0 Å². The summed E-state index contributed by atoms with van der Waals surface area (Å²) >= 11 is 0. The van der Waals surface area contributed by atoms with E-state index >= 15 is 0 Å². The first-order chi connectivity index (χ1) is 10.1. The standard InChI is InChI=1S/C13H13N5O3/c1-17-8-7-14-11(17)5-6-15-13-16-12-9(18(19)20)3-2-4-10(12)21-13/h2-4,7-8H,5-6H2,1H3,(H,15,16). The zero-order chi connectivity index (χ0) is 14.8. The van der Waals surface area contributed by atoms with E-state index in [0.29, 0.717) is 18.5 Å². The summed E-state index contributed by atoms with van der Waals surface area (Å²) in [5.41, 5.74) is 0.582. The fourth-order valence-corrected chi connectivity index (χ4v) is 2.08. The molecule has 108 valence electrons. The molecule has 21 heavy (non-hydrogen) atoms. The van der Waals surface area contributed by atoms with E-state index in [9.17, 15) is 10.1 Å². The van der Waals surface area contributed by atoms with E-state index in [1.807, 2.05) is 17.8 Å². The summed E-state index contributed by atoms with van der Waals surface area (Å²) in [5.74, 6) is 0.935. The molecule has 0 saturated heterocycles. The van der Waals surface area contributed by atoms with Gasteiger partial charge in [-0.25, -0.2) is 4.98 Å². The van der Waals surface area contributed by atoms with Crippen LogP contribution in [-0.4, -0.2) is 26.0 Å². The predicted molar refractivity (Wildman–Crippen MR) is 76.1 cm³/mol. The number of imidazole rings is 1. The molecule has 2 aromatic heterocycles. The number of fused-ring (bicyclic) bond motifs is 1. The number of nitrogens with one attached hydrogen (secondary N) is 1. The molecule has 1 N–H and O–H groups in total. The highest BCUT2D eigenvalue weighted by Gasteiger charge is 2.17. The molecule has 0 bridgehead atoms. The van der Waals surface area contributed by atoms with Gasteiger partial charge in [0.15, 0.2) is 11.1 Å². The molecule has 0 aliphatic rings. The van der Waals surface area contributed by atoms with Crippen molar-refractivity contribution in [3.05, 3.63) is 46.5 Å². The van der Waals surface area contributed by atoms with Gasteiger partial charge in [-0.3, -0.25) is 10.1 Å². The van der Waals surface area contributed by atoms with Crippen molar-refractivity contribution in [2.45, 2.75) is 6.42 Å². The van der Waals surface area contributed by atoms with Crippen molar-refractivity contribution >= 4 is 22.8 Å². The summed E-state index contributed by atoms with van der Waals surface area (Å²) < 4.78 is 7.38. The van der Waals surface area contributed by atoms with Crippen LogP contribution >= 0.6 is 0 Å². The minimum absolute atomic E-state index is 0.0617. The molecule has 2 heterocycles. The van der Waals surface area contributed by atoms with Gasteiger partial charge in [-0.05, 0) is 6.07 Å². The maximum atomic E-state index is 10.9. The maximum Gasteiger partial charge on any atom is 0.298 e. The van der Waals surface area contributed by atoms with E-state index in [-0.39, 0.29) is 17.2 Å². The number of hydrogen-bond donors (Lipinski definition) is 1. The van der Waals surface area contributed by atoms with Gasteiger partial charge < -0.3 is 14.3 Å². The Labute approximate surface area is 119 Å². The minimum atomic E-state index is -0.470. The van der Waals surface area contributed by atoms with Gasteiger partial charge in [0.1, 0.15) is 5.82 Å². The van der Waals surface area contributed by atoms with Crippen LogP contribution in [0, 0.1) is 10.1 Å². The SMILES string of the molecule is Cn1ccnc1CCNc1nc2c([N+](=O)[O-])cccc2o1. The van der Waals surface area contributed by atoms with E-state index in [1.54, 1.807) is 18.3 Å². The molecule has 8 heteroatoms. The second-order valence-corrected chi connectivity index (χ2v) is 4.53. The van der Waals surface area contributed by atoms with E-state index in [1.165, 1.54) is 6.07 Å². The van der Waals surface area contributed by atoms with E-state index in [2.05, 4.69) is 15.3 Å². The predicted octanol–water partition coefficient (Wildman–Crippen LogP) is 2.12. The van der Waals surface area contributed by atoms with Gasteiger partial charge >= 0.3 is 0 Å². The van der Waals surface area contributed by atoms with Crippen LogP contribution in [-0.2, 0) is 13.5 Å². The maximum absolute atomic E-state index is 10.9. The molecule has 3 aromatic rings. The molecule has 0 fully saturated rings. The normalized spacial score (nSPS) is 10.9. The Kier molecular flexibility index (Phi) is 3.27. The number of para-hydroxylation sites is 1. The second kappa shape index (κ2) is 5.23. The number of nitro groups is 1. The number of aromatic nitrogens is 3. The van der Waals surface area contributed by atoms with Crippen LogP contribution in [0.1, 0.15) is 5.82 Å². The fraction of sp³-hybridized carbons (Fsp3) is 0.231. The number of rotatable bonds is 5. The first-order valence-electron chi connectivity index (χ1n) is 6.39. The van der Waals surface area contributed by atoms with Crippen LogP contribution in [0.25, 0.3) is 11.1 Å². The summed E-state index contributed by atoms with van der Waals surface area (Å²) in [4.78, 5) is 18.8.